The smallest absolute Gasteiger partial charge is 0.0751 e. The lowest BCUT2D eigenvalue weighted by molar-refractivity contribution is -0.0172. The minimum atomic E-state index is 0.256. The molecule has 112 valence electrons. The van der Waals surface area contributed by atoms with E-state index in [1.807, 2.05) is 13.0 Å². The Bertz CT molecular complexity index is 659. The van der Waals surface area contributed by atoms with E-state index in [1.165, 1.54) is 5.69 Å². The standard InChI is InChI=1S/C17H21ClN2O/c1-4-14-10-20(9-12(3)21-14)13-5-6-17-15(8-13)16(18)7-11(2)19-17/h5-8,12,14H,4,9-10H2,1-3H3. The molecular weight excluding hydrogens is 284 g/mol. The van der Waals surface area contributed by atoms with E-state index < -0.39 is 0 Å². The van der Waals surface area contributed by atoms with Crippen molar-refractivity contribution in [1.29, 1.82) is 0 Å². The summed E-state index contributed by atoms with van der Waals surface area (Å²) in [6.45, 7) is 8.12. The molecule has 0 N–H and O–H groups in total. The lowest BCUT2D eigenvalue weighted by atomic mass is 10.1. The number of morpholine rings is 1. The molecule has 3 nitrogen and oxygen atoms in total. The summed E-state index contributed by atoms with van der Waals surface area (Å²) in [7, 11) is 0. The molecule has 1 fully saturated rings. The Morgan fingerprint density at radius 2 is 2.14 bits per heavy atom. The quantitative estimate of drug-likeness (QED) is 0.831. The predicted molar refractivity (Wildman–Crippen MR) is 88.3 cm³/mol. The van der Waals surface area contributed by atoms with Gasteiger partial charge < -0.3 is 9.64 Å². The van der Waals surface area contributed by atoms with Gasteiger partial charge in [-0.1, -0.05) is 18.5 Å². The number of hydrogen-bond donors (Lipinski definition) is 0. The first-order chi connectivity index (χ1) is 10.1. The molecular formula is C17H21ClN2O. The number of aromatic nitrogens is 1. The molecule has 1 saturated heterocycles. The van der Waals surface area contributed by atoms with Gasteiger partial charge in [0.05, 0.1) is 22.7 Å². The van der Waals surface area contributed by atoms with Gasteiger partial charge in [0.2, 0.25) is 0 Å². The Morgan fingerprint density at radius 3 is 2.90 bits per heavy atom. The van der Waals surface area contributed by atoms with E-state index in [0.717, 1.165) is 41.1 Å². The highest BCUT2D eigenvalue weighted by Gasteiger charge is 2.24. The van der Waals surface area contributed by atoms with Crippen LogP contribution in [0.2, 0.25) is 5.02 Å². The van der Waals surface area contributed by atoms with E-state index in [0.29, 0.717) is 6.10 Å². The zero-order valence-corrected chi connectivity index (χ0v) is 13.5. The minimum Gasteiger partial charge on any atom is -0.372 e. The van der Waals surface area contributed by atoms with E-state index in [4.69, 9.17) is 16.3 Å². The lowest BCUT2D eigenvalue weighted by Gasteiger charge is -2.38. The van der Waals surface area contributed by atoms with Crippen molar-refractivity contribution in [2.24, 2.45) is 0 Å². The fourth-order valence-corrected chi connectivity index (χ4v) is 3.28. The van der Waals surface area contributed by atoms with Crippen LogP contribution in [-0.2, 0) is 4.74 Å². The summed E-state index contributed by atoms with van der Waals surface area (Å²) in [4.78, 5) is 6.93. The Balaban J connectivity index is 1.97. The number of aryl methyl sites for hydroxylation is 1. The van der Waals surface area contributed by atoms with Gasteiger partial charge >= 0.3 is 0 Å². The molecule has 2 aromatic rings. The van der Waals surface area contributed by atoms with E-state index in [9.17, 15) is 0 Å². The second kappa shape index (κ2) is 5.82. The van der Waals surface area contributed by atoms with Gasteiger partial charge in [-0.15, -0.1) is 0 Å². The van der Waals surface area contributed by atoms with Crippen molar-refractivity contribution >= 4 is 28.2 Å². The largest absolute Gasteiger partial charge is 0.372 e. The van der Waals surface area contributed by atoms with Crippen molar-refractivity contribution in [3.63, 3.8) is 0 Å². The molecule has 0 bridgehead atoms. The molecule has 2 heterocycles. The molecule has 3 rings (SSSR count). The van der Waals surface area contributed by atoms with Crippen molar-refractivity contribution in [2.75, 3.05) is 18.0 Å². The van der Waals surface area contributed by atoms with E-state index in [1.54, 1.807) is 0 Å². The normalized spacial score (nSPS) is 22.8. The average molecular weight is 305 g/mol. The van der Waals surface area contributed by atoms with Gasteiger partial charge in [0.1, 0.15) is 0 Å². The summed E-state index contributed by atoms with van der Waals surface area (Å²) in [5.74, 6) is 0. The number of hydrogen-bond acceptors (Lipinski definition) is 3. The average Bonchev–Trinajstić information content (AvgIpc) is 2.46. The Labute approximate surface area is 130 Å². The summed E-state index contributed by atoms with van der Waals surface area (Å²) < 4.78 is 5.93. The Kier molecular flexibility index (Phi) is 4.05. The molecule has 0 aliphatic carbocycles. The Morgan fingerprint density at radius 1 is 1.33 bits per heavy atom. The number of anilines is 1. The summed E-state index contributed by atoms with van der Waals surface area (Å²) in [6.07, 6.45) is 1.60. The van der Waals surface area contributed by atoms with Crippen LogP contribution in [0.15, 0.2) is 24.3 Å². The highest BCUT2D eigenvalue weighted by Crippen LogP contribution is 2.29. The predicted octanol–water partition coefficient (Wildman–Crippen LogP) is 4.20. The number of fused-ring (bicyclic) bond motifs is 1. The number of pyridine rings is 1. The van der Waals surface area contributed by atoms with Crippen molar-refractivity contribution in [3.8, 4) is 0 Å². The SMILES string of the molecule is CCC1CN(c2ccc3nc(C)cc(Cl)c3c2)CC(C)O1. The number of ether oxygens (including phenoxy) is 1. The first-order valence-electron chi connectivity index (χ1n) is 7.54. The maximum Gasteiger partial charge on any atom is 0.0751 e. The zero-order valence-electron chi connectivity index (χ0n) is 12.8. The highest BCUT2D eigenvalue weighted by molar-refractivity contribution is 6.35. The number of nitrogens with zero attached hydrogens (tertiary/aromatic N) is 2. The van der Waals surface area contributed by atoms with Crippen LogP contribution in [-0.4, -0.2) is 30.3 Å². The first-order valence-corrected chi connectivity index (χ1v) is 7.92. The van der Waals surface area contributed by atoms with E-state index in [-0.39, 0.29) is 6.10 Å². The third-order valence-corrected chi connectivity index (χ3v) is 4.33. The first kappa shape index (κ1) is 14.6. The maximum atomic E-state index is 6.37. The highest BCUT2D eigenvalue weighted by atomic mass is 35.5. The van der Waals surface area contributed by atoms with Crippen LogP contribution in [0.25, 0.3) is 10.9 Å². The molecule has 0 amide bonds. The summed E-state index contributed by atoms with van der Waals surface area (Å²) in [5, 5.41) is 1.79. The van der Waals surface area contributed by atoms with Crippen LogP contribution in [0, 0.1) is 6.92 Å². The van der Waals surface area contributed by atoms with Crippen LogP contribution in [0.4, 0.5) is 5.69 Å². The van der Waals surface area contributed by atoms with Crippen LogP contribution < -0.4 is 4.90 Å². The molecule has 0 spiro atoms. The molecule has 1 aromatic carbocycles. The summed E-state index contributed by atoms with van der Waals surface area (Å²) >= 11 is 6.37. The molecule has 0 radical (unpaired) electrons. The van der Waals surface area contributed by atoms with Crippen LogP contribution in [0.5, 0.6) is 0 Å². The summed E-state index contributed by atoms with van der Waals surface area (Å²) in [5.41, 5.74) is 3.10. The van der Waals surface area contributed by atoms with Crippen LogP contribution in [0.1, 0.15) is 26.0 Å². The van der Waals surface area contributed by atoms with Gasteiger partial charge in [-0.2, -0.15) is 0 Å². The van der Waals surface area contributed by atoms with Gasteiger partial charge in [-0.05, 0) is 44.5 Å². The second-order valence-corrected chi connectivity index (χ2v) is 6.24. The molecule has 21 heavy (non-hydrogen) atoms. The topological polar surface area (TPSA) is 25.4 Å². The second-order valence-electron chi connectivity index (χ2n) is 5.83. The summed E-state index contributed by atoms with van der Waals surface area (Å²) in [6, 6.07) is 8.26. The van der Waals surface area contributed by atoms with Crippen LogP contribution in [0.3, 0.4) is 0 Å². The minimum absolute atomic E-state index is 0.256. The van der Waals surface area contributed by atoms with Crippen molar-refractivity contribution in [3.05, 3.63) is 35.0 Å². The van der Waals surface area contributed by atoms with Gasteiger partial charge in [0.25, 0.3) is 0 Å². The van der Waals surface area contributed by atoms with E-state index >= 15 is 0 Å². The molecule has 1 aromatic heterocycles. The van der Waals surface area contributed by atoms with Crippen LogP contribution >= 0.6 is 11.6 Å². The van der Waals surface area contributed by atoms with Crippen molar-refractivity contribution in [1.82, 2.24) is 4.98 Å². The van der Waals surface area contributed by atoms with Gasteiger partial charge in [-0.3, -0.25) is 4.98 Å². The number of rotatable bonds is 2. The number of halogens is 1. The van der Waals surface area contributed by atoms with Crippen molar-refractivity contribution < 1.29 is 4.74 Å². The molecule has 4 heteroatoms. The Hall–Kier alpha value is -1.32. The zero-order chi connectivity index (χ0) is 15.0. The van der Waals surface area contributed by atoms with Gasteiger partial charge in [0, 0.05) is 29.9 Å². The third-order valence-electron chi connectivity index (χ3n) is 4.02. The fourth-order valence-electron chi connectivity index (χ4n) is 2.97. The van der Waals surface area contributed by atoms with Gasteiger partial charge in [-0.25, -0.2) is 0 Å². The third kappa shape index (κ3) is 2.99. The van der Waals surface area contributed by atoms with Gasteiger partial charge in [0.15, 0.2) is 0 Å². The monoisotopic (exact) mass is 304 g/mol. The maximum absolute atomic E-state index is 6.37. The molecule has 0 saturated carbocycles. The van der Waals surface area contributed by atoms with Crippen molar-refractivity contribution in [2.45, 2.75) is 39.4 Å². The molecule has 2 atom stereocenters. The molecule has 1 aliphatic heterocycles. The molecule has 1 aliphatic rings. The fraction of sp³-hybridized carbons (Fsp3) is 0.471. The lowest BCUT2D eigenvalue weighted by Crippen LogP contribution is -2.46. The molecule has 2 unspecified atom stereocenters. The van der Waals surface area contributed by atoms with E-state index in [2.05, 4.69) is 41.9 Å². The number of benzene rings is 1.